The molecule has 3 heteroatoms. The smallest absolute Gasteiger partial charge is 0.128 e. The van der Waals surface area contributed by atoms with Crippen molar-refractivity contribution in [2.24, 2.45) is 0 Å². The van der Waals surface area contributed by atoms with Crippen LogP contribution in [0.1, 0.15) is 31.4 Å². The van der Waals surface area contributed by atoms with E-state index in [1.165, 1.54) is 27.3 Å². The van der Waals surface area contributed by atoms with Gasteiger partial charge in [0, 0.05) is 24.0 Å². The summed E-state index contributed by atoms with van der Waals surface area (Å²) in [5, 5.41) is 3.92. The minimum Gasteiger partial charge on any atom is -0.493 e. The van der Waals surface area contributed by atoms with E-state index in [0.717, 1.165) is 61.6 Å². The molecule has 4 aromatic rings. The molecule has 0 spiro atoms. The highest BCUT2D eigenvalue weighted by Crippen LogP contribution is 2.39. The number of benzene rings is 3. The molecule has 0 radical (unpaired) electrons. The van der Waals surface area contributed by atoms with E-state index in [1.807, 2.05) is 6.07 Å². The lowest BCUT2D eigenvalue weighted by atomic mass is 9.89. The highest BCUT2D eigenvalue weighted by molar-refractivity contribution is 6.09. The molecule has 1 aliphatic heterocycles. The normalized spacial score (nSPS) is 14.2. The monoisotopic (exact) mass is 396 g/mol. The van der Waals surface area contributed by atoms with Crippen LogP contribution in [0.3, 0.4) is 0 Å². The van der Waals surface area contributed by atoms with Crippen LogP contribution < -0.4 is 4.74 Å². The third kappa shape index (κ3) is 3.23. The summed E-state index contributed by atoms with van der Waals surface area (Å²) >= 11 is 0. The Morgan fingerprint density at radius 3 is 2.63 bits per heavy atom. The van der Waals surface area contributed by atoms with Gasteiger partial charge >= 0.3 is 0 Å². The largest absolute Gasteiger partial charge is 0.493 e. The predicted octanol–water partition coefficient (Wildman–Crippen LogP) is 6.22. The quantitative estimate of drug-likeness (QED) is 0.374. The Morgan fingerprint density at radius 1 is 0.933 bits per heavy atom. The Balaban J connectivity index is 1.81. The standard InChI is InChI=1S/C27H28N2O/c1-3-17-30-25-12-8-7-11-22(25)27-23-18-29(4-2)16-15-21(23)26-20-10-6-5-9-19(20)13-14-24(26)28-27/h5-14H,3-4,15-18H2,1-2H3. The van der Waals surface area contributed by atoms with Crippen LogP contribution in [0, 0.1) is 0 Å². The van der Waals surface area contributed by atoms with Crippen molar-refractivity contribution in [2.45, 2.75) is 33.2 Å². The summed E-state index contributed by atoms with van der Waals surface area (Å²) in [5.41, 5.74) is 6.09. The van der Waals surface area contributed by atoms with Gasteiger partial charge in [-0.1, -0.05) is 56.3 Å². The minimum atomic E-state index is 0.721. The molecule has 5 rings (SSSR count). The van der Waals surface area contributed by atoms with E-state index >= 15 is 0 Å². The molecule has 1 aliphatic rings. The van der Waals surface area contributed by atoms with Crippen LogP contribution in [0.4, 0.5) is 0 Å². The molecular weight excluding hydrogens is 368 g/mol. The van der Waals surface area contributed by atoms with E-state index < -0.39 is 0 Å². The summed E-state index contributed by atoms with van der Waals surface area (Å²) in [6.45, 7) is 8.20. The summed E-state index contributed by atoms with van der Waals surface area (Å²) in [7, 11) is 0. The third-order valence-corrected chi connectivity index (χ3v) is 6.20. The van der Waals surface area contributed by atoms with E-state index in [4.69, 9.17) is 9.72 Å². The van der Waals surface area contributed by atoms with Gasteiger partial charge in [-0.25, -0.2) is 4.98 Å². The molecule has 3 aromatic carbocycles. The summed E-state index contributed by atoms with van der Waals surface area (Å²) < 4.78 is 6.11. The first-order chi connectivity index (χ1) is 14.8. The van der Waals surface area contributed by atoms with Crippen molar-refractivity contribution < 1.29 is 4.74 Å². The molecule has 0 N–H and O–H groups in total. The topological polar surface area (TPSA) is 25.4 Å². The van der Waals surface area contributed by atoms with Gasteiger partial charge in [-0.2, -0.15) is 0 Å². The summed E-state index contributed by atoms with van der Waals surface area (Å²) in [5.74, 6) is 0.933. The Hall–Kier alpha value is -2.91. The van der Waals surface area contributed by atoms with Crippen LogP contribution >= 0.6 is 0 Å². The lowest BCUT2D eigenvalue weighted by molar-refractivity contribution is 0.269. The van der Waals surface area contributed by atoms with Gasteiger partial charge in [0.25, 0.3) is 0 Å². The maximum absolute atomic E-state index is 6.11. The van der Waals surface area contributed by atoms with E-state index in [9.17, 15) is 0 Å². The van der Waals surface area contributed by atoms with Crippen LogP contribution in [-0.4, -0.2) is 29.6 Å². The zero-order valence-electron chi connectivity index (χ0n) is 17.8. The van der Waals surface area contributed by atoms with Crippen molar-refractivity contribution in [1.82, 2.24) is 9.88 Å². The summed E-state index contributed by atoms with van der Waals surface area (Å²) in [6, 6.07) is 21.4. The van der Waals surface area contributed by atoms with Gasteiger partial charge in [0.2, 0.25) is 0 Å². The van der Waals surface area contributed by atoms with Crippen LogP contribution in [0.5, 0.6) is 5.75 Å². The van der Waals surface area contributed by atoms with Crippen molar-refractivity contribution >= 4 is 21.7 Å². The number of fused-ring (bicyclic) bond motifs is 5. The van der Waals surface area contributed by atoms with Crippen molar-refractivity contribution in [1.29, 1.82) is 0 Å². The summed E-state index contributed by atoms with van der Waals surface area (Å²) in [4.78, 5) is 7.75. The number of rotatable bonds is 5. The molecule has 0 saturated carbocycles. The van der Waals surface area contributed by atoms with Crippen molar-refractivity contribution in [3.8, 4) is 17.0 Å². The molecule has 152 valence electrons. The number of para-hydroxylation sites is 1. The van der Waals surface area contributed by atoms with Crippen LogP contribution in [0.25, 0.3) is 32.9 Å². The number of ether oxygens (including phenoxy) is 1. The molecule has 0 bridgehead atoms. The predicted molar refractivity (Wildman–Crippen MR) is 125 cm³/mol. The SMILES string of the molecule is CCCOc1ccccc1-c1nc2ccc3ccccc3c2c2c1CN(CC)CC2. The van der Waals surface area contributed by atoms with Crippen molar-refractivity contribution in [3.05, 3.63) is 71.8 Å². The first-order valence-corrected chi connectivity index (χ1v) is 11.1. The van der Waals surface area contributed by atoms with E-state index in [-0.39, 0.29) is 0 Å². The molecule has 0 aliphatic carbocycles. The Labute approximate surface area is 178 Å². The number of nitrogens with zero attached hydrogens (tertiary/aromatic N) is 2. The van der Waals surface area contributed by atoms with Crippen LogP contribution in [-0.2, 0) is 13.0 Å². The van der Waals surface area contributed by atoms with Gasteiger partial charge in [0.1, 0.15) is 5.75 Å². The zero-order chi connectivity index (χ0) is 20.5. The van der Waals surface area contributed by atoms with Crippen molar-refractivity contribution in [3.63, 3.8) is 0 Å². The van der Waals surface area contributed by atoms with Gasteiger partial charge < -0.3 is 4.74 Å². The molecule has 0 atom stereocenters. The van der Waals surface area contributed by atoms with Gasteiger partial charge in [0.05, 0.1) is 17.8 Å². The fourth-order valence-electron chi connectivity index (χ4n) is 4.66. The van der Waals surface area contributed by atoms with Gasteiger partial charge in [-0.05, 0) is 59.5 Å². The number of hydrogen-bond acceptors (Lipinski definition) is 3. The highest BCUT2D eigenvalue weighted by atomic mass is 16.5. The second-order valence-electron chi connectivity index (χ2n) is 8.06. The minimum absolute atomic E-state index is 0.721. The van der Waals surface area contributed by atoms with Crippen LogP contribution in [0.15, 0.2) is 60.7 Å². The van der Waals surface area contributed by atoms with E-state index in [0.29, 0.717) is 0 Å². The second-order valence-corrected chi connectivity index (χ2v) is 8.06. The molecule has 3 nitrogen and oxygen atoms in total. The number of likely N-dealkylation sites (N-methyl/N-ethyl adjacent to an activating group) is 1. The Kier molecular flexibility index (Phi) is 5.14. The lowest BCUT2D eigenvalue weighted by Crippen LogP contribution is -2.31. The maximum Gasteiger partial charge on any atom is 0.128 e. The molecule has 30 heavy (non-hydrogen) atoms. The number of pyridine rings is 1. The fraction of sp³-hybridized carbons (Fsp3) is 0.296. The molecule has 2 heterocycles. The van der Waals surface area contributed by atoms with Gasteiger partial charge in [0.15, 0.2) is 0 Å². The zero-order valence-corrected chi connectivity index (χ0v) is 17.8. The summed E-state index contributed by atoms with van der Waals surface area (Å²) in [6.07, 6.45) is 2.05. The van der Waals surface area contributed by atoms with E-state index in [1.54, 1.807) is 0 Å². The highest BCUT2D eigenvalue weighted by Gasteiger charge is 2.25. The average Bonchev–Trinajstić information content (AvgIpc) is 2.81. The Bertz CT molecular complexity index is 1210. The molecule has 0 unspecified atom stereocenters. The molecule has 0 saturated heterocycles. The maximum atomic E-state index is 6.11. The number of aromatic nitrogens is 1. The number of hydrogen-bond donors (Lipinski definition) is 0. The molecule has 1 aromatic heterocycles. The van der Waals surface area contributed by atoms with Gasteiger partial charge in [-0.15, -0.1) is 0 Å². The first-order valence-electron chi connectivity index (χ1n) is 11.1. The van der Waals surface area contributed by atoms with Gasteiger partial charge in [-0.3, -0.25) is 4.90 Å². The second kappa shape index (κ2) is 8.08. The van der Waals surface area contributed by atoms with Crippen LogP contribution in [0.2, 0.25) is 0 Å². The van der Waals surface area contributed by atoms with E-state index in [2.05, 4.69) is 73.3 Å². The molecule has 0 fully saturated rings. The first kappa shape index (κ1) is 19.1. The Morgan fingerprint density at radius 2 is 1.77 bits per heavy atom. The fourth-order valence-corrected chi connectivity index (χ4v) is 4.66. The third-order valence-electron chi connectivity index (χ3n) is 6.20. The molecule has 0 amide bonds. The lowest BCUT2D eigenvalue weighted by Gasteiger charge is -2.30. The molecular formula is C27H28N2O. The van der Waals surface area contributed by atoms with Crippen molar-refractivity contribution in [2.75, 3.05) is 19.7 Å². The average molecular weight is 397 g/mol.